The largest absolute Gasteiger partial charge is 0.345 e. The van der Waals surface area contributed by atoms with Gasteiger partial charge in [0.1, 0.15) is 18.2 Å². The highest BCUT2D eigenvalue weighted by Gasteiger charge is 2.44. The van der Waals surface area contributed by atoms with Gasteiger partial charge in [-0.25, -0.2) is 4.98 Å². The monoisotopic (exact) mass is 249 g/mol. The van der Waals surface area contributed by atoms with Crippen LogP contribution in [0.1, 0.15) is 18.7 Å². The molecule has 0 aromatic carbocycles. The second-order valence-electron chi connectivity index (χ2n) is 4.82. The molecule has 7 nitrogen and oxygen atoms in total. The molecule has 96 valence electrons. The van der Waals surface area contributed by atoms with Gasteiger partial charge in [0.25, 0.3) is 0 Å². The fraction of sp³-hybridized carbons (Fsp3) is 0.636. The first-order chi connectivity index (χ1) is 8.66. The highest BCUT2D eigenvalue weighted by Crippen LogP contribution is 2.36. The SMILES string of the molecule is Cn1ncnc1CN1C(=O)CNC(=O)C1C1CC1. The number of nitrogens with zero attached hydrogens (tertiary/aromatic N) is 4. The molecule has 2 fully saturated rings. The third-order valence-corrected chi connectivity index (χ3v) is 3.52. The lowest BCUT2D eigenvalue weighted by Crippen LogP contribution is -2.59. The Kier molecular flexibility index (Phi) is 2.53. The Labute approximate surface area is 104 Å². The summed E-state index contributed by atoms with van der Waals surface area (Å²) in [6.45, 7) is 0.434. The Hall–Kier alpha value is -1.92. The van der Waals surface area contributed by atoms with Gasteiger partial charge in [0, 0.05) is 7.05 Å². The molecule has 2 heterocycles. The molecule has 1 aromatic heterocycles. The summed E-state index contributed by atoms with van der Waals surface area (Å²) in [5.41, 5.74) is 0. The van der Waals surface area contributed by atoms with Crippen LogP contribution < -0.4 is 5.32 Å². The van der Waals surface area contributed by atoms with Crippen LogP contribution in [0.3, 0.4) is 0 Å². The maximum Gasteiger partial charge on any atom is 0.243 e. The van der Waals surface area contributed by atoms with E-state index in [0.717, 1.165) is 12.8 Å². The van der Waals surface area contributed by atoms with Crippen LogP contribution in [0.25, 0.3) is 0 Å². The number of hydrogen-bond donors (Lipinski definition) is 1. The molecule has 0 spiro atoms. The standard InChI is InChI=1S/C11H15N5O2/c1-15-8(13-6-14-15)5-16-9(17)4-12-11(18)10(16)7-2-3-7/h6-7,10H,2-5H2,1H3,(H,12,18). The van der Waals surface area contributed by atoms with Crippen LogP contribution in [0.15, 0.2) is 6.33 Å². The number of hydrogen-bond acceptors (Lipinski definition) is 4. The summed E-state index contributed by atoms with van der Waals surface area (Å²) in [6, 6.07) is -0.331. The zero-order valence-electron chi connectivity index (χ0n) is 10.2. The Morgan fingerprint density at radius 2 is 2.22 bits per heavy atom. The van der Waals surface area contributed by atoms with Crippen molar-refractivity contribution in [2.24, 2.45) is 13.0 Å². The third-order valence-electron chi connectivity index (χ3n) is 3.52. The van der Waals surface area contributed by atoms with Crippen molar-refractivity contribution < 1.29 is 9.59 Å². The van der Waals surface area contributed by atoms with E-state index in [1.165, 1.54) is 6.33 Å². The summed E-state index contributed by atoms with van der Waals surface area (Å²) in [5.74, 6) is 0.917. The maximum absolute atomic E-state index is 12.0. The fourth-order valence-corrected chi connectivity index (χ4v) is 2.35. The van der Waals surface area contributed by atoms with Crippen molar-refractivity contribution in [1.82, 2.24) is 25.0 Å². The van der Waals surface area contributed by atoms with E-state index in [4.69, 9.17) is 0 Å². The summed E-state index contributed by atoms with van der Waals surface area (Å²) in [4.78, 5) is 29.6. The minimum atomic E-state index is -0.331. The molecule has 1 saturated carbocycles. The van der Waals surface area contributed by atoms with Gasteiger partial charge in [-0.3, -0.25) is 14.3 Å². The van der Waals surface area contributed by atoms with Crippen molar-refractivity contribution in [3.8, 4) is 0 Å². The lowest BCUT2D eigenvalue weighted by atomic mass is 10.1. The van der Waals surface area contributed by atoms with Gasteiger partial charge in [-0.2, -0.15) is 5.10 Å². The van der Waals surface area contributed by atoms with Gasteiger partial charge in [0.05, 0.1) is 13.1 Å². The fourth-order valence-electron chi connectivity index (χ4n) is 2.35. The van der Waals surface area contributed by atoms with E-state index in [0.29, 0.717) is 18.3 Å². The minimum absolute atomic E-state index is 0.0423. The van der Waals surface area contributed by atoms with Crippen molar-refractivity contribution in [1.29, 1.82) is 0 Å². The maximum atomic E-state index is 12.0. The third kappa shape index (κ3) is 1.85. The molecule has 1 aliphatic heterocycles. The highest BCUT2D eigenvalue weighted by atomic mass is 16.2. The van der Waals surface area contributed by atoms with E-state index >= 15 is 0 Å². The van der Waals surface area contributed by atoms with E-state index in [2.05, 4.69) is 15.4 Å². The van der Waals surface area contributed by atoms with Crippen LogP contribution in [0.5, 0.6) is 0 Å². The predicted octanol–water partition coefficient (Wildman–Crippen LogP) is -0.948. The summed E-state index contributed by atoms with van der Waals surface area (Å²) in [5, 5.41) is 6.63. The molecule has 18 heavy (non-hydrogen) atoms. The van der Waals surface area contributed by atoms with Gasteiger partial charge < -0.3 is 10.2 Å². The van der Waals surface area contributed by atoms with Gasteiger partial charge in [-0.05, 0) is 18.8 Å². The zero-order valence-corrected chi connectivity index (χ0v) is 10.2. The van der Waals surface area contributed by atoms with Crippen molar-refractivity contribution in [2.75, 3.05) is 6.54 Å². The number of aromatic nitrogens is 3. The molecule has 7 heteroatoms. The summed E-state index contributed by atoms with van der Waals surface area (Å²) in [7, 11) is 1.78. The molecule has 2 aliphatic rings. The quantitative estimate of drug-likeness (QED) is 0.749. The van der Waals surface area contributed by atoms with Crippen molar-refractivity contribution in [2.45, 2.75) is 25.4 Å². The van der Waals surface area contributed by atoms with Gasteiger partial charge >= 0.3 is 0 Å². The summed E-state index contributed by atoms with van der Waals surface area (Å²) >= 11 is 0. The second kappa shape index (κ2) is 4.08. The Morgan fingerprint density at radius 3 is 2.83 bits per heavy atom. The number of aryl methyl sites for hydroxylation is 1. The van der Waals surface area contributed by atoms with E-state index in [1.807, 2.05) is 0 Å². The molecule has 0 bridgehead atoms. The van der Waals surface area contributed by atoms with Crippen LogP contribution in [0.4, 0.5) is 0 Å². The second-order valence-corrected chi connectivity index (χ2v) is 4.82. The van der Waals surface area contributed by atoms with Crippen LogP contribution in [-0.4, -0.2) is 44.1 Å². The first-order valence-corrected chi connectivity index (χ1v) is 6.07. The number of carbonyl (C=O) groups excluding carboxylic acids is 2. The number of carbonyl (C=O) groups is 2. The Bertz CT molecular complexity index is 493. The summed E-state index contributed by atoms with van der Waals surface area (Å²) < 4.78 is 1.63. The molecule has 0 radical (unpaired) electrons. The van der Waals surface area contributed by atoms with Crippen LogP contribution in [-0.2, 0) is 23.2 Å². The molecule has 1 N–H and O–H groups in total. The molecule has 1 unspecified atom stereocenters. The Balaban J connectivity index is 1.84. The molecule has 1 aliphatic carbocycles. The van der Waals surface area contributed by atoms with E-state index < -0.39 is 0 Å². The van der Waals surface area contributed by atoms with Gasteiger partial charge in [-0.1, -0.05) is 0 Å². The van der Waals surface area contributed by atoms with Crippen LogP contribution >= 0.6 is 0 Å². The highest BCUT2D eigenvalue weighted by molar-refractivity contribution is 5.95. The Morgan fingerprint density at radius 1 is 1.44 bits per heavy atom. The smallest absolute Gasteiger partial charge is 0.243 e. The van der Waals surface area contributed by atoms with Crippen molar-refractivity contribution >= 4 is 11.8 Å². The minimum Gasteiger partial charge on any atom is -0.345 e. The lowest BCUT2D eigenvalue weighted by Gasteiger charge is -2.34. The number of nitrogens with one attached hydrogen (secondary N) is 1. The molecule has 1 aromatic rings. The first kappa shape index (κ1) is 11.2. The van der Waals surface area contributed by atoms with Crippen LogP contribution in [0.2, 0.25) is 0 Å². The molecular formula is C11H15N5O2. The van der Waals surface area contributed by atoms with Gasteiger partial charge in [0.15, 0.2) is 0 Å². The average molecular weight is 249 g/mol. The van der Waals surface area contributed by atoms with Crippen LogP contribution in [0, 0.1) is 5.92 Å². The van der Waals surface area contributed by atoms with E-state index in [-0.39, 0.29) is 24.4 Å². The number of amides is 2. The van der Waals surface area contributed by atoms with Crippen molar-refractivity contribution in [3.63, 3.8) is 0 Å². The van der Waals surface area contributed by atoms with Gasteiger partial charge in [-0.15, -0.1) is 0 Å². The topological polar surface area (TPSA) is 80.1 Å². The number of piperazine rings is 1. The average Bonchev–Trinajstić information content (AvgIpc) is 3.09. The zero-order chi connectivity index (χ0) is 12.7. The molecule has 1 saturated heterocycles. The predicted molar refractivity (Wildman–Crippen MR) is 61.1 cm³/mol. The molecular weight excluding hydrogens is 234 g/mol. The lowest BCUT2D eigenvalue weighted by molar-refractivity contribution is -0.147. The van der Waals surface area contributed by atoms with Crippen molar-refractivity contribution in [3.05, 3.63) is 12.2 Å². The van der Waals surface area contributed by atoms with E-state index in [9.17, 15) is 9.59 Å². The molecule has 2 amide bonds. The molecule has 3 rings (SSSR count). The normalized spacial score (nSPS) is 24.3. The first-order valence-electron chi connectivity index (χ1n) is 6.07. The number of rotatable bonds is 3. The van der Waals surface area contributed by atoms with Gasteiger partial charge in [0.2, 0.25) is 11.8 Å². The molecule has 1 atom stereocenters. The summed E-state index contributed by atoms with van der Waals surface area (Å²) in [6.07, 6.45) is 3.48. The van der Waals surface area contributed by atoms with E-state index in [1.54, 1.807) is 16.6 Å².